The molecule has 136 valence electrons. The highest BCUT2D eigenvalue weighted by atomic mass is 32.2. The van der Waals surface area contributed by atoms with Gasteiger partial charge in [0.05, 0.1) is 25.1 Å². The zero-order valence-corrected chi connectivity index (χ0v) is 15.2. The minimum absolute atomic E-state index is 0.490. The summed E-state index contributed by atoms with van der Waals surface area (Å²) in [5.74, 6) is 1.52. The fourth-order valence-corrected chi connectivity index (χ4v) is 3.60. The van der Waals surface area contributed by atoms with Crippen molar-refractivity contribution in [3.8, 4) is 11.4 Å². The standard InChI is InChI=1S/C15H22N6O3S/c1-3-24-14-6-4-13(5-7-14)21-15(16-17-18-21)12-19-8-10-20(11-9-19)25(2,22)23/h4-7H,3,8-12H2,1-2H3. The van der Waals surface area contributed by atoms with Crippen molar-refractivity contribution in [1.82, 2.24) is 29.4 Å². The molecule has 2 aromatic rings. The number of aromatic nitrogens is 4. The summed E-state index contributed by atoms with van der Waals surface area (Å²) in [5.41, 5.74) is 0.859. The minimum Gasteiger partial charge on any atom is -0.494 e. The number of hydrogen-bond donors (Lipinski definition) is 0. The van der Waals surface area contributed by atoms with E-state index >= 15 is 0 Å². The molecule has 1 fully saturated rings. The van der Waals surface area contributed by atoms with Crippen LogP contribution in [0.25, 0.3) is 5.69 Å². The molecule has 0 atom stereocenters. The van der Waals surface area contributed by atoms with Crippen LogP contribution in [0.15, 0.2) is 24.3 Å². The predicted octanol–water partition coefficient (Wildman–Crippen LogP) is 0.138. The number of tetrazole rings is 1. The van der Waals surface area contributed by atoms with Crippen molar-refractivity contribution in [2.75, 3.05) is 39.0 Å². The molecule has 0 unspecified atom stereocenters. The van der Waals surface area contributed by atoms with E-state index in [1.165, 1.54) is 10.6 Å². The Morgan fingerprint density at radius 1 is 1.12 bits per heavy atom. The van der Waals surface area contributed by atoms with Gasteiger partial charge in [0.25, 0.3) is 0 Å². The van der Waals surface area contributed by atoms with Crippen LogP contribution in [0.1, 0.15) is 12.7 Å². The number of sulfonamides is 1. The van der Waals surface area contributed by atoms with Gasteiger partial charge in [-0.15, -0.1) is 5.10 Å². The van der Waals surface area contributed by atoms with Gasteiger partial charge in [0, 0.05) is 26.2 Å². The maximum absolute atomic E-state index is 11.6. The second-order valence-electron chi connectivity index (χ2n) is 5.87. The molecule has 1 aliphatic heterocycles. The molecule has 1 saturated heterocycles. The topological polar surface area (TPSA) is 93.4 Å². The van der Waals surface area contributed by atoms with E-state index in [0.29, 0.717) is 39.3 Å². The van der Waals surface area contributed by atoms with Crippen molar-refractivity contribution in [1.29, 1.82) is 0 Å². The Hall–Kier alpha value is -2.04. The first-order valence-corrected chi connectivity index (χ1v) is 10.00. The Morgan fingerprint density at radius 3 is 2.40 bits per heavy atom. The Labute approximate surface area is 147 Å². The monoisotopic (exact) mass is 366 g/mol. The largest absolute Gasteiger partial charge is 0.494 e. The van der Waals surface area contributed by atoms with Crippen LogP contribution >= 0.6 is 0 Å². The lowest BCUT2D eigenvalue weighted by Crippen LogP contribution is -2.48. The molecule has 0 saturated carbocycles. The smallest absolute Gasteiger partial charge is 0.211 e. The third-order valence-corrected chi connectivity index (χ3v) is 5.39. The average molecular weight is 366 g/mol. The second-order valence-corrected chi connectivity index (χ2v) is 7.85. The highest BCUT2D eigenvalue weighted by molar-refractivity contribution is 7.88. The molecule has 1 aliphatic rings. The van der Waals surface area contributed by atoms with Crippen LogP contribution in [0.4, 0.5) is 0 Å². The van der Waals surface area contributed by atoms with Gasteiger partial charge in [-0.05, 0) is 41.6 Å². The van der Waals surface area contributed by atoms with Crippen LogP contribution in [0, 0.1) is 0 Å². The third-order valence-electron chi connectivity index (χ3n) is 4.09. The molecule has 9 nitrogen and oxygen atoms in total. The maximum atomic E-state index is 11.6. The molecule has 10 heteroatoms. The molecule has 1 aromatic carbocycles. The number of rotatable bonds is 6. The van der Waals surface area contributed by atoms with Gasteiger partial charge in [0.15, 0.2) is 5.82 Å². The quantitative estimate of drug-likeness (QED) is 0.718. The van der Waals surface area contributed by atoms with Crippen molar-refractivity contribution >= 4 is 10.0 Å². The van der Waals surface area contributed by atoms with Crippen LogP contribution in [0.2, 0.25) is 0 Å². The van der Waals surface area contributed by atoms with Gasteiger partial charge in [0.1, 0.15) is 5.75 Å². The van der Waals surface area contributed by atoms with Gasteiger partial charge < -0.3 is 4.74 Å². The molecule has 0 N–H and O–H groups in total. The van der Waals surface area contributed by atoms with Crippen LogP contribution in [-0.4, -0.2) is 76.9 Å². The molecule has 0 bridgehead atoms. The van der Waals surface area contributed by atoms with Crippen molar-refractivity contribution in [2.45, 2.75) is 13.5 Å². The summed E-state index contributed by atoms with van der Waals surface area (Å²) in [6.07, 6.45) is 1.25. The fourth-order valence-electron chi connectivity index (χ4n) is 2.77. The second kappa shape index (κ2) is 7.46. The Morgan fingerprint density at radius 2 is 1.80 bits per heavy atom. The number of benzene rings is 1. The highest BCUT2D eigenvalue weighted by Gasteiger charge is 2.24. The fraction of sp³-hybridized carbons (Fsp3) is 0.533. The summed E-state index contributed by atoms with van der Waals surface area (Å²) in [6.45, 7) is 5.42. The molecule has 25 heavy (non-hydrogen) atoms. The average Bonchev–Trinajstić information content (AvgIpc) is 3.04. The Bertz CT molecular complexity index is 797. The summed E-state index contributed by atoms with van der Waals surface area (Å²) in [5, 5.41) is 11.9. The van der Waals surface area contributed by atoms with Crippen LogP contribution in [0.5, 0.6) is 5.75 Å². The van der Waals surface area contributed by atoms with Crippen molar-refractivity contribution in [2.24, 2.45) is 0 Å². The molecule has 0 aliphatic carbocycles. The van der Waals surface area contributed by atoms with Gasteiger partial charge in [0.2, 0.25) is 10.0 Å². The van der Waals surface area contributed by atoms with Gasteiger partial charge in [-0.25, -0.2) is 8.42 Å². The zero-order valence-electron chi connectivity index (χ0n) is 14.4. The Balaban J connectivity index is 1.66. The normalized spacial score (nSPS) is 16.9. The number of nitrogens with zero attached hydrogens (tertiary/aromatic N) is 6. The van der Waals surface area contributed by atoms with E-state index < -0.39 is 10.0 Å². The van der Waals surface area contributed by atoms with E-state index in [2.05, 4.69) is 20.4 Å². The number of piperazine rings is 1. The first-order valence-electron chi connectivity index (χ1n) is 8.15. The highest BCUT2D eigenvalue weighted by Crippen LogP contribution is 2.16. The van der Waals surface area contributed by atoms with E-state index in [0.717, 1.165) is 17.3 Å². The van der Waals surface area contributed by atoms with Gasteiger partial charge in [-0.2, -0.15) is 8.99 Å². The number of ether oxygens (including phenoxy) is 1. The van der Waals surface area contributed by atoms with E-state index in [-0.39, 0.29) is 0 Å². The molecule has 2 heterocycles. The van der Waals surface area contributed by atoms with Crippen molar-refractivity contribution < 1.29 is 13.2 Å². The SMILES string of the molecule is CCOc1ccc(-n2nnnc2CN2CCN(S(C)(=O)=O)CC2)cc1. The zero-order chi connectivity index (χ0) is 17.9. The molecule has 0 amide bonds. The lowest BCUT2D eigenvalue weighted by Gasteiger charge is -2.32. The first-order chi connectivity index (χ1) is 12.0. The van der Waals surface area contributed by atoms with Crippen LogP contribution in [-0.2, 0) is 16.6 Å². The van der Waals surface area contributed by atoms with Crippen LogP contribution in [0.3, 0.4) is 0 Å². The maximum Gasteiger partial charge on any atom is 0.211 e. The molecule has 1 aromatic heterocycles. The lowest BCUT2D eigenvalue weighted by molar-refractivity contribution is 0.177. The molecular weight excluding hydrogens is 344 g/mol. The summed E-state index contributed by atoms with van der Waals surface area (Å²) < 4.78 is 31.8. The number of hydrogen-bond acceptors (Lipinski definition) is 7. The molecule has 0 radical (unpaired) electrons. The predicted molar refractivity (Wildman–Crippen MR) is 92.0 cm³/mol. The van der Waals surface area contributed by atoms with Gasteiger partial charge in [-0.1, -0.05) is 0 Å². The van der Waals surface area contributed by atoms with E-state index in [9.17, 15) is 8.42 Å². The van der Waals surface area contributed by atoms with Crippen LogP contribution < -0.4 is 4.74 Å². The molecule has 3 rings (SSSR count). The van der Waals surface area contributed by atoms with E-state index in [4.69, 9.17) is 4.74 Å². The minimum atomic E-state index is -3.12. The van der Waals surface area contributed by atoms with Crippen molar-refractivity contribution in [3.63, 3.8) is 0 Å². The van der Waals surface area contributed by atoms with E-state index in [1.807, 2.05) is 31.2 Å². The Kier molecular flexibility index (Phi) is 5.30. The molecule has 0 spiro atoms. The summed E-state index contributed by atoms with van der Waals surface area (Å²) >= 11 is 0. The van der Waals surface area contributed by atoms with Gasteiger partial charge in [-0.3, -0.25) is 4.90 Å². The van der Waals surface area contributed by atoms with Crippen molar-refractivity contribution in [3.05, 3.63) is 30.1 Å². The van der Waals surface area contributed by atoms with Gasteiger partial charge >= 0.3 is 0 Å². The molecular formula is C15H22N6O3S. The summed E-state index contributed by atoms with van der Waals surface area (Å²) in [4.78, 5) is 2.15. The summed E-state index contributed by atoms with van der Waals surface area (Å²) in [7, 11) is -3.12. The summed E-state index contributed by atoms with van der Waals surface area (Å²) in [6, 6.07) is 7.59. The third kappa shape index (κ3) is 4.33. The lowest BCUT2D eigenvalue weighted by atomic mass is 10.3. The first kappa shape index (κ1) is 17.8. The van der Waals surface area contributed by atoms with E-state index in [1.54, 1.807) is 4.68 Å².